The maximum Gasteiger partial charge on any atom is 0.442 e. The highest BCUT2D eigenvalue weighted by Gasteiger charge is 2.67. The number of hydrogen-bond acceptors (Lipinski definition) is 5. The molecule has 2 aliphatic heterocycles. The molecule has 0 aromatic carbocycles. The number of nitrogens with one attached hydrogen (secondary N) is 1. The summed E-state index contributed by atoms with van der Waals surface area (Å²) in [5.41, 5.74) is -2.17. The summed E-state index contributed by atoms with van der Waals surface area (Å²) in [6.07, 6.45) is -3.43. The fourth-order valence-corrected chi connectivity index (χ4v) is 3.12. The number of carbonyl (C=O) groups is 1. The van der Waals surface area contributed by atoms with Gasteiger partial charge in [-0.15, -0.1) is 0 Å². The number of thioether (sulfide) groups is 1. The maximum atomic E-state index is 13.5. The SMILES string of the molecule is Cc1ccc(N[C@@]2(C(F)(F)F)N=C3SCCN3C2=O)nc1. The summed E-state index contributed by atoms with van der Waals surface area (Å²) < 4.78 is 40.5. The molecular weight excluding hydrogens is 305 g/mol. The van der Waals surface area contributed by atoms with Crippen LogP contribution in [0.15, 0.2) is 23.3 Å². The smallest absolute Gasteiger partial charge is 0.331 e. The second-order valence-electron chi connectivity index (χ2n) is 4.75. The average Bonchev–Trinajstić information content (AvgIpc) is 2.95. The highest BCUT2D eigenvalue weighted by Crippen LogP contribution is 2.42. The predicted molar refractivity (Wildman–Crippen MR) is 73.0 cm³/mol. The van der Waals surface area contributed by atoms with E-state index in [1.807, 2.05) is 0 Å². The summed E-state index contributed by atoms with van der Waals surface area (Å²) >= 11 is 1.14. The van der Waals surface area contributed by atoms with Gasteiger partial charge >= 0.3 is 11.8 Å². The van der Waals surface area contributed by atoms with E-state index in [1.165, 1.54) is 12.3 Å². The number of aliphatic imine (C=N–C) groups is 1. The number of amidine groups is 1. The van der Waals surface area contributed by atoms with E-state index in [-0.39, 0.29) is 17.5 Å². The van der Waals surface area contributed by atoms with Crippen LogP contribution in [0.5, 0.6) is 0 Å². The van der Waals surface area contributed by atoms with Crippen LogP contribution in [0.1, 0.15) is 5.56 Å². The first-order chi connectivity index (χ1) is 9.83. The molecule has 0 unspecified atom stereocenters. The van der Waals surface area contributed by atoms with Crippen LogP contribution in [0.2, 0.25) is 0 Å². The Morgan fingerprint density at radius 3 is 2.76 bits per heavy atom. The average molecular weight is 316 g/mol. The summed E-state index contributed by atoms with van der Waals surface area (Å²) in [7, 11) is 0. The van der Waals surface area contributed by atoms with Crippen molar-refractivity contribution in [3.63, 3.8) is 0 Å². The number of halogens is 3. The van der Waals surface area contributed by atoms with Crippen LogP contribution in [0.4, 0.5) is 19.0 Å². The molecule has 3 rings (SSSR count). The highest BCUT2D eigenvalue weighted by atomic mass is 32.2. The van der Waals surface area contributed by atoms with Crippen LogP contribution in [-0.2, 0) is 4.79 Å². The minimum Gasteiger partial charge on any atom is -0.331 e. The molecule has 0 radical (unpaired) electrons. The molecule has 1 aromatic rings. The van der Waals surface area contributed by atoms with Gasteiger partial charge in [0, 0.05) is 18.5 Å². The second kappa shape index (κ2) is 4.62. The van der Waals surface area contributed by atoms with E-state index in [0.29, 0.717) is 5.75 Å². The Morgan fingerprint density at radius 1 is 1.43 bits per heavy atom. The van der Waals surface area contributed by atoms with Gasteiger partial charge in [0.05, 0.1) is 0 Å². The van der Waals surface area contributed by atoms with E-state index in [9.17, 15) is 18.0 Å². The van der Waals surface area contributed by atoms with Crippen LogP contribution < -0.4 is 5.32 Å². The lowest BCUT2D eigenvalue weighted by Crippen LogP contribution is -2.57. The lowest BCUT2D eigenvalue weighted by molar-refractivity contribution is -0.185. The third kappa shape index (κ3) is 2.15. The first-order valence-corrected chi connectivity index (χ1v) is 7.14. The van der Waals surface area contributed by atoms with E-state index < -0.39 is 17.7 Å². The van der Waals surface area contributed by atoms with Crippen molar-refractivity contribution in [2.24, 2.45) is 4.99 Å². The molecule has 9 heteroatoms. The number of hydrogen-bond donors (Lipinski definition) is 1. The summed E-state index contributed by atoms with van der Waals surface area (Å²) in [6.45, 7) is 2.01. The molecule has 0 spiro atoms. The maximum absolute atomic E-state index is 13.5. The number of amides is 1. The van der Waals surface area contributed by atoms with Gasteiger partial charge in [0.25, 0.3) is 5.91 Å². The highest BCUT2D eigenvalue weighted by molar-refractivity contribution is 8.14. The third-order valence-corrected chi connectivity index (χ3v) is 4.18. The Bertz CT molecular complexity index is 616. The number of pyridine rings is 1. The minimum absolute atomic E-state index is 0.0400. The lowest BCUT2D eigenvalue weighted by atomic mass is 10.1. The van der Waals surface area contributed by atoms with Crippen LogP contribution in [0.3, 0.4) is 0 Å². The van der Waals surface area contributed by atoms with E-state index in [2.05, 4.69) is 15.3 Å². The minimum atomic E-state index is -4.85. The van der Waals surface area contributed by atoms with Crippen LogP contribution >= 0.6 is 11.8 Å². The van der Waals surface area contributed by atoms with Crippen molar-refractivity contribution in [2.75, 3.05) is 17.6 Å². The van der Waals surface area contributed by atoms with E-state index in [4.69, 9.17) is 0 Å². The van der Waals surface area contributed by atoms with Gasteiger partial charge in [0.15, 0.2) is 5.17 Å². The number of alkyl halides is 3. The molecule has 3 heterocycles. The molecule has 1 N–H and O–H groups in total. The van der Waals surface area contributed by atoms with Crippen molar-refractivity contribution < 1.29 is 18.0 Å². The summed E-state index contributed by atoms with van der Waals surface area (Å²) in [5.74, 6) is -0.583. The molecule has 21 heavy (non-hydrogen) atoms. The molecule has 1 atom stereocenters. The van der Waals surface area contributed by atoms with Crippen molar-refractivity contribution >= 4 is 28.7 Å². The Kier molecular flexibility index (Phi) is 3.12. The van der Waals surface area contributed by atoms with Crippen molar-refractivity contribution in [1.29, 1.82) is 0 Å². The van der Waals surface area contributed by atoms with E-state index in [0.717, 1.165) is 22.2 Å². The molecular formula is C12H11F3N4OS. The zero-order valence-corrected chi connectivity index (χ0v) is 11.8. The number of anilines is 1. The summed E-state index contributed by atoms with van der Waals surface area (Å²) in [4.78, 5) is 20.8. The fraction of sp³-hybridized carbons (Fsp3) is 0.417. The van der Waals surface area contributed by atoms with Gasteiger partial charge in [0.1, 0.15) is 5.82 Å². The largest absolute Gasteiger partial charge is 0.442 e. The Balaban J connectivity index is 2.01. The molecule has 1 amide bonds. The van der Waals surface area contributed by atoms with Crippen molar-refractivity contribution in [3.05, 3.63) is 23.9 Å². The number of fused-ring (bicyclic) bond motifs is 1. The molecule has 5 nitrogen and oxygen atoms in total. The number of nitrogens with zero attached hydrogens (tertiary/aromatic N) is 3. The van der Waals surface area contributed by atoms with Gasteiger partial charge in [-0.05, 0) is 18.6 Å². The standard InChI is InChI=1S/C12H11F3N4OS/c1-7-2-3-8(16-6-7)17-11(12(13,14)15)9(20)19-4-5-21-10(19)18-11/h2-3,6H,4-5H2,1H3,(H,16,17)/t11-/m1/s1. The predicted octanol–water partition coefficient (Wildman–Crippen LogP) is 2.01. The molecule has 1 saturated heterocycles. The number of aromatic nitrogens is 1. The molecule has 0 saturated carbocycles. The van der Waals surface area contributed by atoms with Gasteiger partial charge < -0.3 is 5.32 Å². The monoisotopic (exact) mass is 316 g/mol. The summed E-state index contributed by atoms with van der Waals surface area (Å²) in [6, 6.07) is 3.01. The van der Waals surface area contributed by atoms with E-state index in [1.54, 1.807) is 13.0 Å². The number of carbonyl (C=O) groups excluding carboxylic acids is 1. The van der Waals surface area contributed by atoms with Crippen LogP contribution in [-0.4, -0.2) is 45.1 Å². The Hall–Kier alpha value is -1.77. The van der Waals surface area contributed by atoms with Gasteiger partial charge in [-0.25, -0.2) is 9.98 Å². The molecule has 0 aliphatic carbocycles. The van der Waals surface area contributed by atoms with Crippen molar-refractivity contribution in [3.8, 4) is 0 Å². The first-order valence-electron chi connectivity index (χ1n) is 6.16. The Labute approximate surface area is 122 Å². The molecule has 112 valence electrons. The van der Waals surface area contributed by atoms with Crippen molar-refractivity contribution in [2.45, 2.75) is 18.8 Å². The van der Waals surface area contributed by atoms with Gasteiger partial charge in [-0.2, -0.15) is 13.2 Å². The molecule has 1 aromatic heterocycles. The number of aryl methyl sites for hydroxylation is 1. The third-order valence-electron chi connectivity index (χ3n) is 3.23. The molecule has 0 bridgehead atoms. The van der Waals surface area contributed by atoms with Crippen LogP contribution in [0, 0.1) is 6.92 Å². The van der Waals surface area contributed by atoms with Crippen LogP contribution in [0.25, 0.3) is 0 Å². The van der Waals surface area contributed by atoms with Crippen molar-refractivity contribution in [1.82, 2.24) is 9.88 Å². The van der Waals surface area contributed by atoms with E-state index >= 15 is 0 Å². The molecule has 1 fully saturated rings. The summed E-state index contributed by atoms with van der Waals surface area (Å²) in [5, 5.41) is 2.28. The number of rotatable bonds is 2. The normalized spacial score (nSPS) is 25.0. The fourth-order valence-electron chi connectivity index (χ4n) is 2.13. The second-order valence-corrected chi connectivity index (χ2v) is 5.82. The topological polar surface area (TPSA) is 57.6 Å². The zero-order valence-electron chi connectivity index (χ0n) is 10.9. The van der Waals surface area contributed by atoms with Gasteiger partial charge in [0.2, 0.25) is 0 Å². The zero-order chi connectivity index (χ0) is 15.3. The van der Waals surface area contributed by atoms with Gasteiger partial charge in [-0.1, -0.05) is 17.8 Å². The Morgan fingerprint density at radius 2 is 2.19 bits per heavy atom. The van der Waals surface area contributed by atoms with Gasteiger partial charge in [-0.3, -0.25) is 9.69 Å². The quantitative estimate of drug-likeness (QED) is 0.907. The first kappa shape index (κ1) is 14.2. The lowest BCUT2D eigenvalue weighted by Gasteiger charge is -2.29. The molecule has 2 aliphatic rings.